The maximum atomic E-state index is 11.6. The van der Waals surface area contributed by atoms with Crippen molar-refractivity contribution >= 4 is 18.0 Å². The second-order valence-electron chi connectivity index (χ2n) is 4.65. The molecular formula is C14H21NO6. The van der Waals surface area contributed by atoms with Crippen LogP contribution in [-0.2, 0) is 23.8 Å². The second-order valence-corrected chi connectivity index (χ2v) is 4.65. The molecule has 1 saturated carbocycles. The van der Waals surface area contributed by atoms with Crippen LogP contribution in [0.25, 0.3) is 0 Å². The Morgan fingerprint density at radius 2 is 2.00 bits per heavy atom. The first kappa shape index (κ1) is 17.0. The first-order valence-corrected chi connectivity index (χ1v) is 6.89. The molecule has 0 saturated heterocycles. The van der Waals surface area contributed by atoms with Crippen LogP contribution in [0.15, 0.2) is 12.7 Å². The highest BCUT2D eigenvalue weighted by Crippen LogP contribution is 2.40. The molecule has 0 aliphatic heterocycles. The highest BCUT2D eigenvalue weighted by molar-refractivity contribution is 5.81. The van der Waals surface area contributed by atoms with Gasteiger partial charge in [-0.15, -0.1) is 6.58 Å². The highest BCUT2D eigenvalue weighted by atomic mass is 16.6. The summed E-state index contributed by atoms with van der Waals surface area (Å²) in [7, 11) is 0. The summed E-state index contributed by atoms with van der Waals surface area (Å²) in [5.74, 6) is -1.13. The fourth-order valence-electron chi connectivity index (χ4n) is 1.65. The van der Waals surface area contributed by atoms with E-state index in [1.54, 1.807) is 13.0 Å². The van der Waals surface area contributed by atoms with Crippen molar-refractivity contribution in [2.24, 2.45) is 11.8 Å². The largest absolute Gasteiger partial charge is 0.459 e. The zero-order valence-electron chi connectivity index (χ0n) is 12.3. The van der Waals surface area contributed by atoms with Crippen LogP contribution in [-0.4, -0.2) is 43.9 Å². The molecule has 0 bridgehead atoms. The molecule has 1 aliphatic rings. The van der Waals surface area contributed by atoms with E-state index in [1.165, 1.54) is 6.92 Å². The molecule has 1 aliphatic carbocycles. The van der Waals surface area contributed by atoms with Gasteiger partial charge in [-0.2, -0.15) is 0 Å². The lowest BCUT2D eigenvalue weighted by Crippen LogP contribution is -2.29. The number of rotatable bonds is 8. The van der Waals surface area contributed by atoms with Crippen LogP contribution in [0.2, 0.25) is 0 Å². The molecule has 1 rings (SSSR count). The van der Waals surface area contributed by atoms with Gasteiger partial charge >= 0.3 is 18.0 Å². The van der Waals surface area contributed by atoms with Gasteiger partial charge in [-0.05, 0) is 26.2 Å². The second kappa shape index (κ2) is 8.28. The molecule has 21 heavy (non-hydrogen) atoms. The minimum atomic E-state index is -0.979. The number of hydrogen-bond acceptors (Lipinski definition) is 6. The van der Waals surface area contributed by atoms with E-state index in [1.807, 2.05) is 0 Å². The third-order valence-electron chi connectivity index (χ3n) is 2.95. The fraction of sp³-hybridized carbons (Fsp3) is 0.643. The first-order valence-electron chi connectivity index (χ1n) is 6.89. The van der Waals surface area contributed by atoms with E-state index in [2.05, 4.69) is 11.9 Å². The third-order valence-corrected chi connectivity index (χ3v) is 2.95. The Morgan fingerprint density at radius 1 is 1.33 bits per heavy atom. The summed E-state index contributed by atoms with van der Waals surface area (Å²) in [6.07, 6.45) is 0.864. The Balaban J connectivity index is 2.15. The fourth-order valence-corrected chi connectivity index (χ4v) is 1.65. The summed E-state index contributed by atoms with van der Waals surface area (Å²) in [4.78, 5) is 34.1. The molecule has 3 unspecified atom stereocenters. The summed E-state index contributed by atoms with van der Waals surface area (Å²) in [6, 6.07) is 0. The van der Waals surface area contributed by atoms with E-state index in [-0.39, 0.29) is 25.0 Å². The van der Waals surface area contributed by atoms with Crippen LogP contribution in [0.5, 0.6) is 0 Å². The zero-order chi connectivity index (χ0) is 15.8. The molecule has 1 amide bonds. The van der Waals surface area contributed by atoms with Crippen LogP contribution in [0, 0.1) is 11.8 Å². The average Bonchev–Trinajstić information content (AvgIpc) is 3.23. The molecular weight excluding hydrogens is 278 g/mol. The lowest BCUT2D eigenvalue weighted by molar-refractivity contribution is -0.168. The number of hydrogen-bond donors (Lipinski definition) is 1. The number of esters is 2. The normalized spacial score (nSPS) is 20.9. The molecule has 0 radical (unpaired) electrons. The SMILES string of the molecule is C=CC1CC1C(=O)OC(C)C(=O)OCCOC(=O)NCC. The van der Waals surface area contributed by atoms with Gasteiger partial charge in [0.05, 0.1) is 5.92 Å². The Kier molecular flexibility index (Phi) is 6.71. The minimum absolute atomic E-state index is 0.0561. The number of carbonyl (C=O) groups excluding carboxylic acids is 3. The molecule has 1 fully saturated rings. The van der Waals surface area contributed by atoms with E-state index in [0.717, 1.165) is 0 Å². The Labute approximate surface area is 123 Å². The number of carbonyl (C=O) groups is 3. The summed E-state index contributed by atoms with van der Waals surface area (Å²) in [5.41, 5.74) is 0. The molecule has 118 valence electrons. The number of ether oxygens (including phenoxy) is 3. The minimum Gasteiger partial charge on any atom is -0.459 e. The van der Waals surface area contributed by atoms with Gasteiger partial charge in [-0.3, -0.25) is 4.79 Å². The van der Waals surface area contributed by atoms with E-state index < -0.39 is 24.1 Å². The topological polar surface area (TPSA) is 90.9 Å². The van der Waals surface area contributed by atoms with Crippen LogP contribution >= 0.6 is 0 Å². The number of allylic oxidation sites excluding steroid dienone is 1. The van der Waals surface area contributed by atoms with Crippen LogP contribution in [0.4, 0.5) is 4.79 Å². The van der Waals surface area contributed by atoms with Crippen molar-refractivity contribution in [3.8, 4) is 0 Å². The van der Waals surface area contributed by atoms with Gasteiger partial charge in [0.25, 0.3) is 0 Å². The number of amides is 1. The lowest BCUT2D eigenvalue weighted by atomic mass is 10.3. The average molecular weight is 299 g/mol. The zero-order valence-corrected chi connectivity index (χ0v) is 12.3. The maximum absolute atomic E-state index is 11.6. The van der Waals surface area contributed by atoms with Crippen LogP contribution < -0.4 is 5.32 Å². The van der Waals surface area contributed by atoms with Gasteiger partial charge in [0, 0.05) is 6.54 Å². The number of alkyl carbamates (subject to hydrolysis) is 1. The van der Waals surface area contributed by atoms with Gasteiger partial charge in [-0.25, -0.2) is 9.59 Å². The van der Waals surface area contributed by atoms with Crippen LogP contribution in [0.1, 0.15) is 20.3 Å². The standard InChI is InChI=1S/C14H21NO6/c1-4-10-8-11(10)13(17)21-9(3)12(16)19-6-7-20-14(18)15-5-2/h4,9-11H,1,5-8H2,2-3H3,(H,15,18). The molecule has 7 heteroatoms. The molecule has 0 heterocycles. The third kappa shape index (κ3) is 5.85. The molecule has 7 nitrogen and oxygen atoms in total. The molecule has 0 spiro atoms. The van der Waals surface area contributed by atoms with Crippen molar-refractivity contribution in [3.63, 3.8) is 0 Å². The molecule has 3 atom stereocenters. The Bertz CT molecular complexity index is 408. The Morgan fingerprint density at radius 3 is 2.57 bits per heavy atom. The van der Waals surface area contributed by atoms with Gasteiger partial charge < -0.3 is 19.5 Å². The Hall–Kier alpha value is -2.05. The van der Waals surface area contributed by atoms with E-state index in [9.17, 15) is 14.4 Å². The predicted octanol–water partition coefficient (Wildman–Crippen LogP) is 1.03. The predicted molar refractivity (Wildman–Crippen MR) is 73.3 cm³/mol. The molecule has 0 aromatic carbocycles. The summed E-state index contributed by atoms with van der Waals surface area (Å²) in [6.45, 7) is 7.11. The molecule has 0 aromatic rings. The van der Waals surface area contributed by atoms with Crippen molar-refractivity contribution < 1.29 is 28.6 Å². The van der Waals surface area contributed by atoms with Crippen LogP contribution in [0.3, 0.4) is 0 Å². The quantitative estimate of drug-likeness (QED) is 0.311. The molecule has 0 aromatic heterocycles. The van der Waals surface area contributed by atoms with Gasteiger partial charge in [-0.1, -0.05) is 6.08 Å². The highest BCUT2D eigenvalue weighted by Gasteiger charge is 2.43. The van der Waals surface area contributed by atoms with Crippen molar-refractivity contribution in [1.29, 1.82) is 0 Å². The van der Waals surface area contributed by atoms with Crippen molar-refractivity contribution in [2.75, 3.05) is 19.8 Å². The van der Waals surface area contributed by atoms with Gasteiger partial charge in [0.1, 0.15) is 13.2 Å². The maximum Gasteiger partial charge on any atom is 0.407 e. The lowest BCUT2D eigenvalue weighted by Gasteiger charge is -2.12. The number of nitrogens with one attached hydrogen (secondary N) is 1. The van der Waals surface area contributed by atoms with Gasteiger partial charge in [0.2, 0.25) is 0 Å². The smallest absolute Gasteiger partial charge is 0.407 e. The van der Waals surface area contributed by atoms with Crippen molar-refractivity contribution in [2.45, 2.75) is 26.4 Å². The first-order chi connectivity index (χ1) is 9.99. The monoisotopic (exact) mass is 299 g/mol. The molecule has 1 N–H and O–H groups in total. The van der Waals surface area contributed by atoms with Crippen molar-refractivity contribution in [3.05, 3.63) is 12.7 Å². The summed E-state index contributed by atoms with van der Waals surface area (Å²) in [5, 5.41) is 2.43. The van der Waals surface area contributed by atoms with Gasteiger partial charge in [0.15, 0.2) is 6.10 Å². The van der Waals surface area contributed by atoms with E-state index in [0.29, 0.717) is 13.0 Å². The van der Waals surface area contributed by atoms with Crippen molar-refractivity contribution in [1.82, 2.24) is 5.32 Å². The van der Waals surface area contributed by atoms with E-state index in [4.69, 9.17) is 14.2 Å². The van der Waals surface area contributed by atoms with E-state index >= 15 is 0 Å². The summed E-state index contributed by atoms with van der Waals surface area (Å²) >= 11 is 0. The summed E-state index contributed by atoms with van der Waals surface area (Å²) < 4.78 is 14.6.